The molecular formula is C24H28F3N5O3S. The van der Waals surface area contributed by atoms with Crippen LogP contribution in [0.2, 0.25) is 0 Å². The third-order valence-corrected chi connectivity index (χ3v) is 7.89. The van der Waals surface area contributed by atoms with Gasteiger partial charge in [-0.2, -0.15) is 13.2 Å². The van der Waals surface area contributed by atoms with Crippen molar-refractivity contribution in [2.24, 2.45) is 7.05 Å². The number of rotatable bonds is 7. The van der Waals surface area contributed by atoms with Gasteiger partial charge < -0.3 is 14.8 Å². The highest BCUT2D eigenvalue weighted by molar-refractivity contribution is 7.88. The van der Waals surface area contributed by atoms with E-state index in [9.17, 15) is 26.4 Å². The molecule has 1 aromatic heterocycles. The van der Waals surface area contributed by atoms with E-state index in [1.165, 1.54) is 22.7 Å². The molecule has 1 unspecified atom stereocenters. The van der Waals surface area contributed by atoms with Crippen molar-refractivity contribution in [2.75, 3.05) is 36.6 Å². The number of likely N-dealkylation sites (N-methyl/N-ethyl adjacent to an activating group) is 1. The van der Waals surface area contributed by atoms with Crippen LogP contribution in [0.3, 0.4) is 0 Å². The van der Waals surface area contributed by atoms with E-state index >= 15 is 0 Å². The molecule has 0 radical (unpaired) electrons. The Labute approximate surface area is 207 Å². The first-order valence-corrected chi connectivity index (χ1v) is 13.3. The Balaban J connectivity index is 1.40. The minimum absolute atomic E-state index is 0.126. The van der Waals surface area contributed by atoms with Crippen LogP contribution in [-0.2, 0) is 34.5 Å². The molecule has 194 valence electrons. The zero-order chi connectivity index (χ0) is 26.3. The number of alkyl halides is 3. The van der Waals surface area contributed by atoms with E-state index in [1.54, 1.807) is 19.2 Å². The maximum absolute atomic E-state index is 12.7. The number of nitrogens with zero attached hydrogens (tertiary/aromatic N) is 4. The Hall–Kier alpha value is -3.12. The minimum Gasteiger partial charge on any atom is -0.341 e. The molecule has 0 aliphatic carbocycles. The smallest absolute Gasteiger partial charge is 0.341 e. The number of anilines is 2. The van der Waals surface area contributed by atoms with Crippen LogP contribution < -0.4 is 10.2 Å². The number of fused-ring (bicyclic) bond motifs is 1. The molecule has 2 aromatic carbocycles. The molecule has 36 heavy (non-hydrogen) atoms. The van der Waals surface area contributed by atoms with Crippen LogP contribution in [-0.4, -0.2) is 60.6 Å². The first-order chi connectivity index (χ1) is 16.8. The van der Waals surface area contributed by atoms with Crippen molar-refractivity contribution in [1.29, 1.82) is 0 Å². The quantitative estimate of drug-likeness (QED) is 0.511. The van der Waals surface area contributed by atoms with Crippen molar-refractivity contribution in [1.82, 2.24) is 13.9 Å². The van der Waals surface area contributed by atoms with Gasteiger partial charge in [0.1, 0.15) is 0 Å². The number of carbonyl (C=O) groups is 1. The third-order valence-electron chi connectivity index (χ3n) is 6.55. The molecule has 1 fully saturated rings. The Morgan fingerprint density at radius 1 is 1.19 bits per heavy atom. The molecule has 1 saturated heterocycles. The van der Waals surface area contributed by atoms with Gasteiger partial charge >= 0.3 is 6.18 Å². The summed E-state index contributed by atoms with van der Waals surface area (Å²) in [6.07, 6.45) is -2.04. The van der Waals surface area contributed by atoms with Crippen LogP contribution >= 0.6 is 0 Å². The fraction of sp³-hybridized carbons (Fsp3) is 0.417. The largest absolute Gasteiger partial charge is 0.416 e. The fourth-order valence-electron chi connectivity index (χ4n) is 4.37. The number of benzene rings is 2. The van der Waals surface area contributed by atoms with Gasteiger partial charge in [-0.25, -0.2) is 17.7 Å². The number of aryl methyl sites for hydroxylation is 2. The number of carbonyl (C=O) groups excluding carboxylic acids is 1. The van der Waals surface area contributed by atoms with Gasteiger partial charge in [0, 0.05) is 45.3 Å². The lowest BCUT2D eigenvalue weighted by molar-refractivity contribution is -0.137. The van der Waals surface area contributed by atoms with E-state index in [-0.39, 0.29) is 18.4 Å². The van der Waals surface area contributed by atoms with Gasteiger partial charge in [-0.05, 0) is 48.7 Å². The number of imidazole rings is 1. The molecule has 8 nitrogen and oxygen atoms in total. The topological polar surface area (TPSA) is 87.5 Å². The summed E-state index contributed by atoms with van der Waals surface area (Å²) in [5, 5.41) is 2.84. The lowest BCUT2D eigenvalue weighted by Crippen LogP contribution is -2.38. The summed E-state index contributed by atoms with van der Waals surface area (Å²) in [4.78, 5) is 19.2. The van der Waals surface area contributed by atoms with Crippen LogP contribution in [0, 0.1) is 0 Å². The highest BCUT2D eigenvalue weighted by Crippen LogP contribution is 2.30. The molecule has 12 heteroatoms. The van der Waals surface area contributed by atoms with Crippen LogP contribution in [0.1, 0.15) is 24.0 Å². The minimum atomic E-state index is -4.39. The number of sulfonamides is 1. The van der Waals surface area contributed by atoms with Crippen molar-refractivity contribution in [3.05, 3.63) is 53.6 Å². The predicted octanol–water partition coefficient (Wildman–Crippen LogP) is 3.63. The normalized spacial score (nSPS) is 16.8. The fourth-order valence-corrected chi connectivity index (χ4v) is 5.08. The second-order valence-corrected chi connectivity index (χ2v) is 11.1. The second-order valence-electron chi connectivity index (χ2n) is 9.08. The van der Waals surface area contributed by atoms with Crippen LogP contribution in [0.15, 0.2) is 42.5 Å². The Morgan fingerprint density at radius 3 is 2.53 bits per heavy atom. The average Bonchev–Trinajstić information content (AvgIpc) is 3.41. The molecular weight excluding hydrogens is 495 g/mol. The maximum Gasteiger partial charge on any atom is 0.416 e. The first-order valence-electron chi connectivity index (χ1n) is 11.4. The molecule has 0 saturated carbocycles. The Bertz CT molecular complexity index is 1370. The molecule has 4 rings (SSSR count). The van der Waals surface area contributed by atoms with Crippen LogP contribution in [0.5, 0.6) is 0 Å². The van der Waals surface area contributed by atoms with Gasteiger partial charge in [0.2, 0.25) is 21.9 Å². The molecule has 1 atom stereocenters. The number of hydrogen-bond donors (Lipinski definition) is 1. The standard InChI is InChI=1S/C24H28F3N5O3S/c1-30-21-14-18(28-22(33)11-6-16-4-7-17(8-5-16)24(25,26)27)9-10-20(21)29-23(30)32-13-12-19(15-32)31(2)36(3,34)35/h4-5,7-10,14,19H,6,11-13,15H2,1-3H3,(H,28,33). The van der Waals surface area contributed by atoms with E-state index in [1.807, 2.05) is 17.7 Å². The SMILES string of the molecule is CN(C1CCN(c2nc3ccc(NC(=O)CCc4ccc(C(F)(F)F)cc4)cc3n2C)C1)S(C)(=O)=O. The van der Waals surface area contributed by atoms with Gasteiger partial charge in [0.15, 0.2) is 0 Å². The van der Waals surface area contributed by atoms with E-state index < -0.39 is 21.8 Å². The number of nitrogens with one attached hydrogen (secondary N) is 1. The molecule has 1 aliphatic rings. The summed E-state index contributed by atoms with van der Waals surface area (Å²) in [6, 6.07) is 10.1. The summed E-state index contributed by atoms with van der Waals surface area (Å²) in [7, 11) is 0.178. The summed E-state index contributed by atoms with van der Waals surface area (Å²) in [5.41, 5.74) is 2.08. The van der Waals surface area contributed by atoms with Gasteiger partial charge in [-0.3, -0.25) is 4.79 Å². The summed E-state index contributed by atoms with van der Waals surface area (Å²) < 4.78 is 65.2. The van der Waals surface area contributed by atoms with Crippen LogP contribution in [0.4, 0.5) is 24.8 Å². The molecule has 0 spiro atoms. The lowest BCUT2D eigenvalue weighted by atomic mass is 10.1. The molecule has 1 amide bonds. The van der Waals surface area contributed by atoms with Crippen molar-refractivity contribution >= 4 is 38.6 Å². The third kappa shape index (κ3) is 5.65. The lowest BCUT2D eigenvalue weighted by Gasteiger charge is -2.22. The van der Waals surface area contributed by atoms with Crippen molar-refractivity contribution in [3.8, 4) is 0 Å². The highest BCUT2D eigenvalue weighted by atomic mass is 32.2. The summed E-state index contributed by atoms with van der Waals surface area (Å²) in [6.45, 7) is 1.21. The van der Waals surface area contributed by atoms with E-state index in [4.69, 9.17) is 4.98 Å². The van der Waals surface area contributed by atoms with E-state index in [0.717, 1.165) is 29.1 Å². The Kier molecular flexibility index (Phi) is 7.02. The molecule has 2 heterocycles. The van der Waals surface area contributed by atoms with E-state index in [2.05, 4.69) is 10.2 Å². The van der Waals surface area contributed by atoms with Crippen LogP contribution in [0.25, 0.3) is 11.0 Å². The number of halogens is 3. The van der Waals surface area contributed by atoms with Crippen molar-refractivity contribution in [3.63, 3.8) is 0 Å². The van der Waals surface area contributed by atoms with E-state index in [0.29, 0.717) is 37.2 Å². The van der Waals surface area contributed by atoms with Gasteiger partial charge in [-0.15, -0.1) is 0 Å². The monoisotopic (exact) mass is 523 g/mol. The van der Waals surface area contributed by atoms with Crippen molar-refractivity contribution in [2.45, 2.75) is 31.5 Å². The number of amides is 1. The van der Waals surface area contributed by atoms with Gasteiger partial charge in [-0.1, -0.05) is 12.1 Å². The number of hydrogen-bond acceptors (Lipinski definition) is 5. The molecule has 1 aliphatic heterocycles. The maximum atomic E-state index is 12.7. The van der Waals surface area contributed by atoms with Crippen molar-refractivity contribution < 1.29 is 26.4 Å². The molecule has 1 N–H and O–H groups in total. The zero-order valence-corrected chi connectivity index (χ0v) is 21.0. The summed E-state index contributed by atoms with van der Waals surface area (Å²) in [5.74, 6) is 0.475. The molecule has 0 bridgehead atoms. The first kappa shape index (κ1) is 26.0. The number of aromatic nitrogens is 2. The molecule has 3 aromatic rings. The van der Waals surface area contributed by atoms with Gasteiger partial charge in [0.05, 0.1) is 22.9 Å². The zero-order valence-electron chi connectivity index (χ0n) is 20.2. The highest BCUT2D eigenvalue weighted by Gasteiger charge is 2.32. The average molecular weight is 524 g/mol. The van der Waals surface area contributed by atoms with Gasteiger partial charge in [0.25, 0.3) is 0 Å². The predicted molar refractivity (Wildman–Crippen MR) is 132 cm³/mol. The summed E-state index contributed by atoms with van der Waals surface area (Å²) >= 11 is 0. The Morgan fingerprint density at radius 2 is 1.89 bits per heavy atom. The second kappa shape index (κ2) is 9.74.